The number of aromatic nitrogens is 1. The molecule has 0 spiro atoms. The van der Waals surface area contributed by atoms with Gasteiger partial charge in [0.2, 0.25) is 0 Å². The summed E-state index contributed by atoms with van der Waals surface area (Å²) >= 11 is 0. The van der Waals surface area contributed by atoms with E-state index in [4.69, 9.17) is 0 Å². The van der Waals surface area contributed by atoms with Crippen molar-refractivity contribution in [3.63, 3.8) is 0 Å². The van der Waals surface area contributed by atoms with Crippen LogP contribution in [0.25, 0.3) is 10.8 Å². The third kappa shape index (κ3) is 4.86. The Bertz CT molecular complexity index is 833. The fourth-order valence-electron chi connectivity index (χ4n) is 4.13. The topological polar surface area (TPSA) is 28.2 Å². The van der Waals surface area contributed by atoms with E-state index in [1.165, 1.54) is 55.2 Å². The van der Waals surface area contributed by atoms with Crippen LogP contribution in [0.3, 0.4) is 0 Å². The molecule has 27 heavy (non-hydrogen) atoms. The summed E-state index contributed by atoms with van der Waals surface area (Å²) in [4.78, 5) is 7.14. The first-order valence-electron chi connectivity index (χ1n) is 10.2. The van der Waals surface area contributed by atoms with Crippen molar-refractivity contribution >= 4 is 16.6 Å². The van der Waals surface area contributed by atoms with Gasteiger partial charge in [-0.05, 0) is 68.3 Å². The predicted octanol–water partition coefficient (Wildman–Crippen LogP) is 4.99. The molecule has 0 atom stereocenters. The summed E-state index contributed by atoms with van der Waals surface area (Å²) in [5, 5.41) is 5.99. The van der Waals surface area contributed by atoms with E-state index in [0.29, 0.717) is 0 Å². The maximum Gasteiger partial charge on any atom is 0.133 e. The second kappa shape index (κ2) is 9.01. The number of hydrogen-bond acceptors (Lipinski definition) is 3. The van der Waals surface area contributed by atoms with E-state index in [1.807, 2.05) is 6.20 Å². The number of anilines is 1. The van der Waals surface area contributed by atoms with Crippen molar-refractivity contribution < 1.29 is 0 Å². The van der Waals surface area contributed by atoms with Gasteiger partial charge in [-0.1, -0.05) is 54.6 Å². The van der Waals surface area contributed by atoms with Gasteiger partial charge in [0.1, 0.15) is 5.82 Å². The minimum atomic E-state index is 0.849. The van der Waals surface area contributed by atoms with Gasteiger partial charge < -0.3 is 10.2 Å². The van der Waals surface area contributed by atoms with Crippen molar-refractivity contribution in [3.05, 3.63) is 72.4 Å². The highest BCUT2D eigenvalue weighted by Gasteiger charge is 2.18. The van der Waals surface area contributed by atoms with Gasteiger partial charge in [0, 0.05) is 18.1 Å². The molecule has 3 aromatic rings. The largest absolute Gasteiger partial charge is 0.370 e. The quantitative estimate of drug-likeness (QED) is 0.602. The average Bonchev–Trinajstić information content (AvgIpc) is 2.73. The summed E-state index contributed by atoms with van der Waals surface area (Å²) in [5.41, 5.74) is 1.49. The summed E-state index contributed by atoms with van der Waals surface area (Å²) in [6.45, 7) is 4.63. The monoisotopic (exact) mass is 359 g/mol. The van der Waals surface area contributed by atoms with Crippen molar-refractivity contribution in [1.82, 2.24) is 9.88 Å². The molecule has 0 bridgehead atoms. The Morgan fingerprint density at radius 2 is 1.70 bits per heavy atom. The number of fused-ring (bicyclic) bond motifs is 1. The molecular formula is C24H29N3. The molecule has 0 amide bonds. The Kier molecular flexibility index (Phi) is 6.00. The normalized spacial score (nSPS) is 15.9. The molecule has 140 valence electrons. The Hall–Kier alpha value is -2.39. The van der Waals surface area contributed by atoms with E-state index in [2.05, 4.69) is 75.9 Å². The van der Waals surface area contributed by atoms with Crippen LogP contribution in [0, 0.1) is 5.92 Å². The van der Waals surface area contributed by atoms with Gasteiger partial charge in [0.25, 0.3) is 0 Å². The van der Waals surface area contributed by atoms with Crippen molar-refractivity contribution in [2.75, 3.05) is 31.5 Å². The third-order valence-electron chi connectivity index (χ3n) is 5.69. The standard InChI is InChI=1S/C24H29N3/c1-2-7-20(8-3-1)19-21-12-17-27(18-13-21)16-6-14-25-24-23-10-5-4-9-22(23)11-15-26-24/h1-5,7-11,15,21H,6,12-14,16-19H2,(H,25,26). The molecule has 0 radical (unpaired) electrons. The summed E-state index contributed by atoms with van der Waals surface area (Å²) in [6.07, 6.45) is 6.94. The number of pyridine rings is 1. The lowest BCUT2D eigenvalue weighted by atomic mass is 9.90. The highest BCUT2D eigenvalue weighted by atomic mass is 15.1. The third-order valence-corrected chi connectivity index (χ3v) is 5.69. The van der Waals surface area contributed by atoms with Gasteiger partial charge in [0.05, 0.1) is 0 Å². The minimum absolute atomic E-state index is 0.849. The summed E-state index contributed by atoms with van der Waals surface area (Å²) < 4.78 is 0. The van der Waals surface area contributed by atoms with Crippen LogP contribution in [-0.2, 0) is 6.42 Å². The lowest BCUT2D eigenvalue weighted by molar-refractivity contribution is 0.183. The SMILES string of the molecule is c1ccc(CC2CCN(CCCNc3nccc4ccccc34)CC2)cc1. The van der Waals surface area contributed by atoms with Crippen molar-refractivity contribution in [1.29, 1.82) is 0 Å². The Morgan fingerprint density at radius 3 is 2.56 bits per heavy atom. The highest BCUT2D eigenvalue weighted by Crippen LogP contribution is 2.22. The van der Waals surface area contributed by atoms with Crippen LogP contribution in [0.2, 0.25) is 0 Å². The van der Waals surface area contributed by atoms with E-state index in [0.717, 1.165) is 24.7 Å². The van der Waals surface area contributed by atoms with Gasteiger partial charge >= 0.3 is 0 Å². The molecule has 2 heterocycles. The maximum atomic E-state index is 4.52. The Morgan fingerprint density at radius 1 is 0.926 bits per heavy atom. The Balaban J connectivity index is 1.18. The average molecular weight is 360 g/mol. The lowest BCUT2D eigenvalue weighted by Crippen LogP contribution is -2.35. The zero-order valence-electron chi connectivity index (χ0n) is 16.0. The van der Waals surface area contributed by atoms with E-state index in [9.17, 15) is 0 Å². The molecule has 0 saturated carbocycles. The van der Waals surface area contributed by atoms with Crippen LogP contribution < -0.4 is 5.32 Å². The van der Waals surface area contributed by atoms with Crippen molar-refractivity contribution in [3.8, 4) is 0 Å². The van der Waals surface area contributed by atoms with Gasteiger partial charge in [-0.25, -0.2) is 4.98 Å². The predicted molar refractivity (Wildman–Crippen MR) is 114 cm³/mol. The molecule has 0 unspecified atom stereocenters. The number of piperidine rings is 1. The van der Waals surface area contributed by atoms with Crippen LogP contribution >= 0.6 is 0 Å². The van der Waals surface area contributed by atoms with Crippen molar-refractivity contribution in [2.45, 2.75) is 25.7 Å². The van der Waals surface area contributed by atoms with E-state index >= 15 is 0 Å². The minimum Gasteiger partial charge on any atom is -0.370 e. The van der Waals surface area contributed by atoms with E-state index in [-0.39, 0.29) is 0 Å². The van der Waals surface area contributed by atoms with E-state index < -0.39 is 0 Å². The van der Waals surface area contributed by atoms with Crippen LogP contribution in [0.5, 0.6) is 0 Å². The molecule has 0 aliphatic carbocycles. The zero-order chi connectivity index (χ0) is 18.3. The summed E-state index contributed by atoms with van der Waals surface area (Å²) in [7, 11) is 0. The fraction of sp³-hybridized carbons (Fsp3) is 0.375. The first-order chi connectivity index (χ1) is 13.4. The molecule has 4 rings (SSSR count). The Labute approximate surface area is 162 Å². The van der Waals surface area contributed by atoms with Crippen LogP contribution in [0.4, 0.5) is 5.82 Å². The number of rotatable bonds is 7. The second-order valence-electron chi connectivity index (χ2n) is 7.64. The first-order valence-corrected chi connectivity index (χ1v) is 10.2. The zero-order valence-corrected chi connectivity index (χ0v) is 16.0. The second-order valence-corrected chi connectivity index (χ2v) is 7.64. The molecule has 1 fully saturated rings. The van der Waals surface area contributed by atoms with Gasteiger partial charge in [0.15, 0.2) is 0 Å². The molecule has 3 heteroatoms. The van der Waals surface area contributed by atoms with Crippen LogP contribution in [-0.4, -0.2) is 36.1 Å². The van der Waals surface area contributed by atoms with Gasteiger partial charge in [-0.3, -0.25) is 0 Å². The molecular weight excluding hydrogens is 330 g/mol. The number of likely N-dealkylation sites (tertiary alicyclic amines) is 1. The number of nitrogens with zero attached hydrogens (tertiary/aromatic N) is 2. The molecule has 2 aromatic carbocycles. The number of hydrogen-bond donors (Lipinski definition) is 1. The molecule has 1 aromatic heterocycles. The molecule has 1 N–H and O–H groups in total. The summed E-state index contributed by atoms with van der Waals surface area (Å²) in [6, 6.07) is 21.4. The maximum absolute atomic E-state index is 4.52. The number of benzene rings is 2. The number of nitrogens with one attached hydrogen (secondary N) is 1. The lowest BCUT2D eigenvalue weighted by Gasteiger charge is -2.32. The molecule has 1 aliphatic heterocycles. The van der Waals surface area contributed by atoms with Gasteiger partial charge in [-0.15, -0.1) is 0 Å². The molecule has 3 nitrogen and oxygen atoms in total. The smallest absolute Gasteiger partial charge is 0.133 e. The van der Waals surface area contributed by atoms with Crippen LogP contribution in [0.15, 0.2) is 66.9 Å². The van der Waals surface area contributed by atoms with E-state index in [1.54, 1.807) is 0 Å². The molecule has 1 aliphatic rings. The van der Waals surface area contributed by atoms with Gasteiger partial charge in [-0.2, -0.15) is 0 Å². The van der Waals surface area contributed by atoms with Crippen LogP contribution in [0.1, 0.15) is 24.8 Å². The summed E-state index contributed by atoms with van der Waals surface area (Å²) in [5.74, 6) is 1.86. The molecule has 1 saturated heterocycles. The fourth-order valence-corrected chi connectivity index (χ4v) is 4.13. The first kappa shape index (κ1) is 18.0. The van der Waals surface area contributed by atoms with Crippen molar-refractivity contribution in [2.24, 2.45) is 5.92 Å². The highest BCUT2D eigenvalue weighted by molar-refractivity contribution is 5.91.